The maximum atomic E-state index is 13.3. The quantitative estimate of drug-likeness (QED) is 0.428. The third-order valence-electron chi connectivity index (χ3n) is 5.31. The Morgan fingerprint density at radius 1 is 1.06 bits per heavy atom. The van der Waals surface area contributed by atoms with Crippen molar-refractivity contribution >= 4 is 17.3 Å². The molecule has 0 aromatic heterocycles. The molecule has 0 bridgehead atoms. The number of para-hydroxylation sites is 1. The molecule has 8 heteroatoms. The molecule has 1 amide bonds. The molecule has 1 unspecified atom stereocenters. The zero-order chi connectivity index (χ0) is 22.5. The highest BCUT2D eigenvalue weighted by atomic mass is 16.6. The number of nitrogens with one attached hydrogen (secondary N) is 1. The Labute approximate surface area is 185 Å². The van der Waals surface area contributed by atoms with Crippen molar-refractivity contribution in [3.8, 4) is 17.2 Å². The summed E-state index contributed by atoms with van der Waals surface area (Å²) in [7, 11) is 1.57. The number of hydrogen-bond acceptors (Lipinski definition) is 6. The number of nitro benzene ring substituents is 1. The Morgan fingerprint density at radius 3 is 2.47 bits per heavy atom. The molecule has 8 nitrogen and oxygen atoms in total. The summed E-state index contributed by atoms with van der Waals surface area (Å²) in [6.07, 6.45) is 0.782. The Bertz CT molecular complexity index is 1100. The number of anilines is 1. The van der Waals surface area contributed by atoms with Crippen molar-refractivity contribution in [3.05, 3.63) is 88.5 Å². The van der Waals surface area contributed by atoms with Crippen LogP contribution in [0, 0.1) is 10.1 Å². The van der Waals surface area contributed by atoms with Crippen LogP contribution in [-0.2, 0) is 0 Å². The first-order chi connectivity index (χ1) is 15.5. The normalized spacial score (nSPS) is 15.3. The van der Waals surface area contributed by atoms with E-state index in [2.05, 4.69) is 5.32 Å². The molecule has 1 saturated heterocycles. The monoisotopic (exact) mass is 433 g/mol. The van der Waals surface area contributed by atoms with Crippen molar-refractivity contribution in [1.29, 1.82) is 0 Å². The van der Waals surface area contributed by atoms with E-state index in [1.165, 1.54) is 18.2 Å². The van der Waals surface area contributed by atoms with E-state index in [1.807, 2.05) is 30.3 Å². The Balaban J connectivity index is 1.54. The highest BCUT2D eigenvalue weighted by Crippen LogP contribution is 2.31. The third-order valence-corrected chi connectivity index (χ3v) is 5.31. The molecule has 32 heavy (non-hydrogen) atoms. The minimum absolute atomic E-state index is 0.103. The molecule has 1 fully saturated rings. The average Bonchev–Trinajstić information content (AvgIpc) is 3.28. The molecule has 1 heterocycles. The van der Waals surface area contributed by atoms with Gasteiger partial charge in [0.2, 0.25) is 0 Å². The summed E-state index contributed by atoms with van der Waals surface area (Å²) in [4.78, 5) is 25.8. The van der Waals surface area contributed by atoms with Gasteiger partial charge in [-0.05, 0) is 48.9 Å². The maximum absolute atomic E-state index is 13.3. The molecule has 3 aromatic carbocycles. The molecule has 1 aliphatic heterocycles. The number of amides is 1. The minimum atomic E-state index is -0.516. The summed E-state index contributed by atoms with van der Waals surface area (Å²) in [6.45, 7) is 1.05. The first-order valence-electron chi connectivity index (χ1n) is 10.2. The van der Waals surface area contributed by atoms with Gasteiger partial charge >= 0.3 is 0 Å². The van der Waals surface area contributed by atoms with E-state index >= 15 is 0 Å². The lowest BCUT2D eigenvalue weighted by atomic mass is 10.1. The highest BCUT2D eigenvalue weighted by Gasteiger charge is 2.30. The van der Waals surface area contributed by atoms with Gasteiger partial charge in [-0.1, -0.05) is 18.2 Å². The van der Waals surface area contributed by atoms with Gasteiger partial charge in [0.05, 0.1) is 17.6 Å². The van der Waals surface area contributed by atoms with E-state index in [1.54, 1.807) is 36.3 Å². The molecule has 4 rings (SSSR count). The Morgan fingerprint density at radius 2 is 1.78 bits per heavy atom. The van der Waals surface area contributed by atoms with Crippen molar-refractivity contribution < 1.29 is 19.2 Å². The van der Waals surface area contributed by atoms with Gasteiger partial charge in [0.1, 0.15) is 17.2 Å². The largest absolute Gasteiger partial charge is 0.497 e. The van der Waals surface area contributed by atoms with E-state index < -0.39 is 4.92 Å². The standard InChI is InChI=1S/C24H23N3O5/c1-31-20-8-10-21(11-9-20)32-23-12-7-19(27(29)30)15-22(23)24(28)26-14-13-18(16-26)25-17-5-3-2-4-6-17/h2-12,15,18,25H,13-14,16H2,1H3. The van der Waals surface area contributed by atoms with E-state index in [4.69, 9.17) is 9.47 Å². The predicted molar refractivity (Wildman–Crippen MR) is 121 cm³/mol. The molecule has 0 radical (unpaired) electrons. The zero-order valence-electron chi connectivity index (χ0n) is 17.6. The number of benzene rings is 3. The second-order valence-electron chi connectivity index (χ2n) is 7.46. The molecule has 1 aliphatic rings. The van der Waals surface area contributed by atoms with Crippen LogP contribution >= 0.6 is 0 Å². The van der Waals surface area contributed by atoms with Crippen LogP contribution in [0.5, 0.6) is 17.2 Å². The van der Waals surface area contributed by atoms with Gasteiger partial charge in [0.25, 0.3) is 11.6 Å². The molecule has 0 saturated carbocycles. The number of rotatable bonds is 7. The van der Waals surface area contributed by atoms with E-state index in [0.717, 1.165) is 12.1 Å². The molecule has 0 aliphatic carbocycles. The number of ether oxygens (including phenoxy) is 2. The number of nitrogens with zero attached hydrogens (tertiary/aromatic N) is 2. The summed E-state index contributed by atoms with van der Waals surface area (Å²) < 4.78 is 11.1. The van der Waals surface area contributed by atoms with Gasteiger partial charge in [0, 0.05) is 37.0 Å². The second kappa shape index (κ2) is 9.38. The summed E-state index contributed by atoms with van der Waals surface area (Å²) in [5.74, 6) is 1.14. The van der Waals surface area contributed by atoms with Gasteiger partial charge in [-0.25, -0.2) is 0 Å². The highest BCUT2D eigenvalue weighted by molar-refractivity contribution is 5.98. The fourth-order valence-electron chi connectivity index (χ4n) is 3.66. The van der Waals surface area contributed by atoms with Crippen LogP contribution < -0.4 is 14.8 Å². The Kier molecular flexibility index (Phi) is 6.21. The van der Waals surface area contributed by atoms with Crippen LogP contribution in [0.15, 0.2) is 72.8 Å². The number of nitro groups is 1. The number of likely N-dealkylation sites (tertiary alicyclic amines) is 1. The van der Waals surface area contributed by atoms with Crippen LogP contribution in [0.3, 0.4) is 0 Å². The summed E-state index contributed by atoms with van der Waals surface area (Å²) in [5, 5.41) is 14.7. The topological polar surface area (TPSA) is 93.9 Å². The predicted octanol–water partition coefficient (Wildman–Crippen LogP) is 4.72. The summed E-state index contributed by atoms with van der Waals surface area (Å²) in [6, 6.07) is 20.9. The lowest BCUT2D eigenvalue weighted by Crippen LogP contribution is -2.31. The van der Waals surface area contributed by atoms with E-state index in [9.17, 15) is 14.9 Å². The molecule has 1 atom stereocenters. The van der Waals surface area contributed by atoms with Crippen molar-refractivity contribution in [2.45, 2.75) is 12.5 Å². The molecule has 1 N–H and O–H groups in total. The smallest absolute Gasteiger partial charge is 0.270 e. The number of carbonyl (C=O) groups is 1. The number of methoxy groups -OCH3 is 1. The fraction of sp³-hybridized carbons (Fsp3) is 0.208. The zero-order valence-corrected chi connectivity index (χ0v) is 17.6. The molecular weight excluding hydrogens is 410 g/mol. The van der Waals surface area contributed by atoms with Crippen molar-refractivity contribution in [3.63, 3.8) is 0 Å². The third kappa shape index (κ3) is 4.80. The van der Waals surface area contributed by atoms with E-state index in [-0.39, 0.29) is 28.9 Å². The van der Waals surface area contributed by atoms with E-state index in [0.29, 0.717) is 24.6 Å². The molecule has 3 aromatic rings. The summed E-state index contributed by atoms with van der Waals surface area (Å²) in [5.41, 5.74) is 0.995. The van der Waals surface area contributed by atoms with Crippen LogP contribution in [-0.4, -0.2) is 42.0 Å². The molecule has 164 valence electrons. The fourth-order valence-corrected chi connectivity index (χ4v) is 3.66. The van der Waals surface area contributed by atoms with Crippen LogP contribution in [0.1, 0.15) is 16.8 Å². The summed E-state index contributed by atoms with van der Waals surface area (Å²) >= 11 is 0. The first-order valence-corrected chi connectivity index (χ1v) is 10.2. The molecular formula is C24H23N3O5. The number of hydrogen-bond donors (Lipinski definition) is 1. The van der Waals surface area contributed by atoms with Crippen molar-refractivity contribution in [2.24, 2.45) is 0 Å². The molecule has 0 spiro atoms. The SMILES string of the molecule is COc1ccc(Oc2ccc([N+](=O)[O-])cc2C(=O)N2CCC(Nc3ccccc3)C2)cc1. The van der Waals surface area contributed by atoms with Gasteiger partial charge in [-0.2, -0.15) is 0 Å². The van der Waals surface area contributed by atoms with Crippen molar-refractivity contribution in [1.82, 2.24) is 4.90 Å². The van der Waals surface area contributed by atoms with Gasteiger partial charge in [0.15, 0.2) is 0 Å². The second-order valence-corrected chi connectivity index (χ2v) is 7.46. The average molecular weight is 433 g/mol. The number of carbonyl (C=O) groups excluding carboxylic acids is 1. The first kappa shape index (κ1) is 21.2. The maximum Gasteiger partial charge on any atom is 0.270 e. The van der Waals surface area contributed by atoms with Gasteiger partial charge in [-0.3, -0.25) is 14.9 Å². The van der Waals surface area contributed by atoms with Gasteiger partial charge < -0.3 is 19.7 Å². The number of non-ortho nitro benzene ring substituents is 1. The van der Waals surface area contributed by atoms with Crippen LogP contribution in [0.2, 0.25) is 0 Å². The lowest BCUT2D eigenvalue weighted by molar-refractivity contribution is -0.384. The van der Waals surface area contributed by atoms with Crippen molar-refractivity contribution in [2.75, 3.05) is 25.5 Å². The van der Waals surface area contributed by atoms with Gasteiger partial charge in [-0.15, -0.1) is 0 Å². The van der Waals surface area contributed by atoms with Crippen LogP contribution in [0.4, 0.5) is 11.4 Å². The minimum Gasteiger partial charge on any atom is -0.497 e. The Hall–Kier alpha value is -4.07. The lowest BCUT2D eigenvalue weighted by Gasteiger charge is -2.19. The van der Waals surface area contributed by atoms with Crippen LogP contribution in [0.25, 0.3) is 0 Å².